The van der Waals surface area contributed by atoms with E-state index in [-0.39, 0.29) is 0 Å². The van der Waals surface area contributed by atoms with E-state index in [0.717, 1.165) is 11.7 Å². The molecule has 2 atom stereocenters. The SMILES string of the molecule is CNCc1noc(C2CCCC2C)n1. The van der Waals surface area contributed by atoms with Crippen molar-refractivity contribution in [3.63, 3.8) is 0 Å². The van der Waals surface area contributed by atoms with Gasteiger partial charge in [-0.05, 0) is 25.8 Å². The van der Waals surface area contributed by atoms with E-state index in [2.05, 4.69) is 22.4 Å². The predicted octanol–water partition coefficient (Wildman–Crippen LogP) is 1.69. The highest BCUT2D eigenvalue weighted by Crippen LogP contribution is 2.38. The van der Waals surface area contributed by atoms with Gasteiger partial charge in [-0.15, -0.1) is 0 Å². The maximum absolute atomic E-state index is 5.27. The molecule has 0 radical (unpaired) electrons. The molecule has 4 heteroatoms. The van der Waals surface area contributed by atoms with Crippen molar-refractivity contribution in [1.29, 1.82) is 0 Å². The van der Waals surface area contributed by atoms with Crippen molar-refractivity contribution < 1.29 is 4.52 Å². The molecule has 1 N–H and O–H groups in total. The van der Waals surface area contributed by atoms with Gasteiger partial charge in [0.2, 0.25) is 5.89 Å². The number of hydrogen-bond donors (Lipinski definition) is 1. The van der Waals surface area contributed by atoms with E-state index >= 15 is 0 Å². The molecule has 1 heterocycles. The van der Waals surface area contributed by atoms with Crippen LogP contribution in [0.4, 0.5) is 0 Å². The average molecular weight is 195 g/mol. The molecule has 2 unspecified atom stereocenters. The van der Waals surface area contributed by atoms with Gasteiger partial charge in [0.15, 0.2) is 5.82 Å². The highest BCUT2D eigenvalue weighted by molar-refractivity contribution is 4.98. The largest absolute Gasteiger partial charge is 0.339 e. The summed E-state index contributed by atoms with van der Waals surface area (Å²) in [5.74, 6) is 2.79. The van der Waals surface area contributed by atoms with E-state index < -0.39 is 0 Å². The lowest BCUT2D eigenvalue weighted by atomic mass is 9.98. The van der Waals surface area contributed by atoms with E-state index in [1.165, 1.54) is 19.3 Å². The molecule has 1 aliphatic rings. The normalized spacial score (nSPS) is 27.0. The minimum atomic E-state index is 0.494. The number of hydrogen-bond acceptors (Lipinski definition) is 4. The van der Waals surface area contributed by atoms with E-state index in [0.29, 0.717) is 18.4 Å². The molecule has 14 heavy (non-hydrogen) atoms. The van der Waals surface area contributed by atoms with Crippen molar-refractivity contribution in [2.45, 2.75) is 38.6 Å². The molecule has 2 rings (SSSR count). The summed E-state index contributed by atoms with van der Waals surface area (Å²) in [4.78, 5) is 4.39. The monoisotopic (exact) mass is 195 g/mol. The minimum absolute atomic E-state index is 0.494. The first kappa shape index (κ1) is 9.65. The van der Waals surface area contributed by atoms with Crippen LogP contribution in [0.5, 0.6) is 0 Å². The average Bonchev–Trinajstić information content (AvgIpc) is 2.74. The third kappa shape index (κ3) is 1.80. The highest BCUT2D eigenvalue weighted by Gasteiger charge is 2.29. The Kier molecular flexibility index (Phi) is 2.82. The Morgan fingerprint density at radius 2 is 2.36 bits per heavy atom. The van der Waals surface area contributed by atoms with Crippen molar-refractivity contribution in [2.24, 2.45) is 5.92 Å². The molecular formula is C10H17N3O. The van der Waals surface area contributed by atoms with Gasteiger partial charge < -0.3 is 9.84 Å². The third-order valence-corrected chi connectivity index (χ3v) is 3.00. The molecule has 0 aliphatic heterocycles. The zero-order valence-electron chi connectivity index (χ0n) is 8.79. The second kappa shape index (κ2) is 4.09. The lowest BCUT2D eigenvalue weighted by molar-refractivity contribution is 0.328. The molecule has 0 bridgehead atoms. The second-order valence-electron chi connectivity index (χ2n) is 4.09. The van der Waals surface area contributed by atoms with Gasteiger partial charge in [0.1, 0.15) is 0 Å². The van der Waals surface area contributed by atoms with Crippen LogP contribution >= 0.6 is 0 Å². The third-order valence-electron chi connectivity index (χ3n) is 3.00. The molecule has 1 aromatic rings. The fourth-order valence-corrected chi connectivity index (χ4v) is 2.16. The standard InChI is InChI=1S/C10H17N3O/c1-7-4-3-5-8(7)10-12-9(6-11-2)13-14-10/h7-8,11H,3-6H2,1-2H3. The van der Waals surface area contributed by atoms with Crippen LogP contribution in [-0.2, 0) is 6.54 Å². The van der Waals surface area contributed by atoms with Crippen molar-refractivity contribution in [3.8, 4) is 0 Å². The van der Waals surface area contributed by atoms with Gasteiger partial charge in [-0.25, -0.2) is 0 Å². The summed E-state index contributed by atoms with van der Waals surface area (Å²) in [6.45, 7) is 2.95. The van der Waals surface area contributed by atoms with Gasteiger partial charge in [0.25, 0.3) is 0 Å². The number of rotatable bonds is 3. The molecule has 1 saturated carbocycles. The van der Waals surface area contributed by atoms with Gasteiger partial charge in [0, 0.05) is 5.92 Å². The topological polar surface area (TPSA) is 51.0 Å². The van der Waals surface area contributed by atoms with E-state index in [1.54, 1.807) is 0 Å². The lowest BCUT2D eigenvalue weighted by Gasteiger charge is -2.08. The van der Waals surface area contributed by atoms with Gasteiger partial charge in [-0.1, -0.05) is 18.5 Å². The van der Waals surface area contributed by atoms with E-state index in [9.17, 15) is 0 Å². The quantitative estimate of drug-likeness (QED) is 0.797. The van der Waals surface area contributed by atoms with Crippen LogP contribution in [0.2, 0.25) is 0 Å². The van der Waals surface area contributed by atoms with Crippen molar-refractivity contribution in [3.05, 3.63) is 11.7 Å². The highest BCUT2D eigenvalue weighted by atomic mass is 16.5. The van der Waals surface area contributed by atoms with Crippen LogP contribution in [0.3, 0.4) is 0 Å². The van der Waals surface area contributed by atoms with Crippen molar-refractivity contribution >= 4 is 0 Å². The molecule has 0 aromatic carbocycles. The molecular weight excluding hydrogens is 178 g/mol. The summed E-state index contributed by atoms with van der Waals surface area (Å²) in [7, 11) is 1.88. The first-order chi connectivity index (χ1) is 6.81. The Morgan fingerprint density at radius 3 is 3.00 bits per heavy atom. The lowest BCUT2D eigenvalue weighted by Crippen LogP contribution is -2.07. The van der Waals surface area contributed by atoms with E-state index in [1.807, 2.05) is 7.05 Å². The first-order valence-corrected chi connectivity index (χ1v) is 5.28. The van der Waals surface area contributed by atoms with Crippen LogP contribution in [0, 0.1) is 5.92 Å². The Morgan fingerprint density at radius 1 is 1.50 bits per heavy atom. The summed E-state index contributed by atoms with van der Waals surface area (Å²) >= 11 is 0. The van der Waals surface area contributed by atoms with Gasteiger partial charge in [0.05, 0.1) is 6.54 Å². The van der Waals surface area contributed by atoms with Crippen LogP contribution in [0.15, 0.2) is 4.52 Å². The Hall–Kier alpha value is -0.900. The Balaban J connectivity index is 2.08. The van der Waals surface area contributed by atoms with Gasteiger partial charge in [-0.3, -0.25) is 0 Å². The molecule has 1 fully saturated rings. The maximum Gasteiger partial charge on any atom is 0.230 e. The van der Waals surface area contributed by atoms with Crippen molar-refractivity contribution in [1.82, 2.24) is 15.5 Å². The van der Waals surface area contributed by atoms with Gasteiger partial charge >= 0.3 is 0 Å². The summed E-state index contributed by atoms with van der Waals surface area (Å²) in [5.41, 5.74) is 0. The molecule has 4 nitrogen and oxygen atoms in total. The zero-order chi connectivity index (χ0) is 9.97. The van der Waals surface area contributed by atoms with Crippen LogP contribution in [0.1, 0.15) is 43.8 Å². The molecule has 0 spiro atoms. The smallest absolute Gasteiger partial charge is 0.230 e. The first-order valence-electron chi connectivity index (χ1n) is 5.28. The summed E-state index contributed by atoms with van der Waals surface area (Å²) in [6, 6.07) is 0. The van der Waals surface area contributed by atoms with Crippen LogP contribution in [0.25, 0.3) is 0 Å². The number of nitrogens with one attached hydrogen (secondary N) is 1. The van der Waals surface area contributed by atoms with E-state index in [4.69, 9.17) is 4.52 Å². The minimum Gasteiger partial charge on any atom is -0.339 e. The molecule has 1 aromatic heterocycles. The summed E-state index contributed by atoms with van der Waals surface area (Å²) in [5, 5.41) is 6.95. The molecule has 78 valence electrons. The molecule has 0 saturated heterocycles. The summed E-state index contributed by atoms with van der Waals surface area (Å²) in [6.07, 6.45) is 3.77. The molecule has 0 amide bonds. The number of aromatic nitrogens is 2. The van der Waals surface area contributed by atoms with Crippen LogP contribution in [-0.4, -0.2) is 17.2 Å². The molecule has 1 aliphatic carbocycles. The van der Waals surface area contributed by atoms with Gasteiger partial charge in [-0.2, -0.15) is 4.98 Å². The second-order valence-corrected chi connectivity index (χ2v) is 4.09. The fraction of sp³-hybridized carbons (Fsp3) is 0.800. The fourth-order valence-electron chi connectivity index (χ4n) is 2.16. The van der Waals surface area contributed by atoms with Crippen molar-refractivity contribution in [2.75, 3.05) is 7.05 Å². The van der Waals surface area contributed by atoms with Crippen LogP contribution < -0.4 is 5.32 Å². The zero-order valence-corrected chi connectivity index (χ0v) is 8.79. The number of nitrogens with zero attached hydrogens (tertiary/aromatic N) is 2. The Labute approximate surface area is 84.1 Å². The predicted molar refractivity (Wildman–Crippen MR) is 52.8 cm³/mol. The Bertz CT molecular complexity index is 297. The summed E-state index contributed by atoms with van der Waals surface area (Å²) < 4.78 is 5.27. The maximum atomic E-state index is 5.27.